The van der Waals surface area contributed by atoms with Crippen molar-refractivity contribution < 1.29 is 19.3 Å². The number of aryl methyl sites for hydroxylation is 1. The second-order valence-corrected chi connectivity index (χ2v) is 8.50. The van der Waals surface area contributed by atoms with Crippen LogP contribution in [-0.4, -0.2) is 60.0 Å². The first-order valence-electron chi connectivity index (χ1n) is 11.6. The lowest BCUT2D eigenvalue weighted by Crippen LogP contribution is -2.22. The molecule has 0 amide bonds. The Balaban J connectivity index is 1.12. The van der Waals surface area contributed by atoms with Crippen LogP contribution in [0.25, 0.3) is 11.2 Å². The van der Waals surface area contributed by atoms with E-state index in [4.69, 9.17) is 14.2 Å². The molecule has 2 aliphatic heterocycles. The van der Waals surface area contributed by atoms with Gasteiger partial charge in [-0.25, -0.2) is 19.7 Å². The number of ether oxygens (including phenoxy) is 3. The third-order valence-corrected chi connectivity index (χ3v) is 6.11. The van der Waals surface area contributed by atoms with Crippen LogP contribution in [0.15, 0.2) is 41.8 Å². The van der Waals surface area contributed by atoms with Crippen molar-refractivity contribution in [3.05, 3.63) is 47.5 Å². The summed E-state index contributed by atoms with van der Waals surface area (Å²) in [5, 5.41) is 15.7. The van der Waals surface area contributed by atoms with Crippen molar-refractivity contribution in [2.45, 2.75) is 25.2 Å². The summed E-state index contributed by atoms with van der Waals surface area (Å²) in [6, 6.07) is 5.45. The van der Waals surface area contributed by atoms with E-state index in [2.05, 4.69) is 30.6 Å². The number of nitrogens with zero attached hydrogens (tertiary/aromatic N) is 6. The molecule has 1 fully saturated rings. The minimum absolute atomic E-state index is 0.00136. The molecule has 36 heavy (non-hydrogen) atoms. The third kappa shape index (κ3) is 3.97. The number of hydrogen-bond acceptors (Lipinski definition) is 11. The van der Waals surface area contributed by atoms with Gasteiger partial charge < -0.3 is 30.0 Å². The topological polar surface area (TPSA) is 150 Å². The fraction of sp³-hybridized carbons (Fsp3) is 0.348. The maximum atomic E-state index is 11.9. The summed E-state index contributed by atoms with van der Waals surface area (Å²) in [6.07, 6.45) is 5.95. The van der Waals surface area contributed by atoms with Gasteiger partial charge in [-0.15, -0.1) is 0 Å². The summed E-state index contributed by atoms with van der Waals surface area (Å²) < 4.78 is 21.0. The molecule has 2 aliphatic rings. The molecule has 3 aromatic heterocycles. The number of aliphatic hydroxyl groups is 1. The molecule has 0 aliphatic carbocycles. The van der Waals surface area contributed by atoms with Crippen LogP contribution in [-0.2, 0) is 11.8 Å². The van der Waals surface area contributed by atoms with Crippen LogP contribution in [0.2, 0.25) is 0 Å². The third-order valence-electron chi connectivity index (χ3n) is 6.11. The number of aromatic nitrogens is 6. The summed E-state index contributed by atoms with van der Waals surface area (Å²) in [6.45, 7) is 0.773. The van der Waals surface area contributed by atoms with Crippen molar-refractivity contribution in [2.24, 2.45) is 7.05 Å². The van der Waals surface area contributed by atoms with Gasteiger partial charge in [0.2, 0.25) is 0 Å². The molecule has 0 radical (unpaired) electrons. The van der Waals surface area contributed by atoms with E-state index < -0.39 is 0 Å². The van der Waals surface area contributed by atoms with Crippen LogP contribution in [0, 0.1) is 0 Å². The van der Waals surface area contributed by atoms with E-state index in [1.54, 1.807) is 19.6 Å². The van der Waals surface area contributed by atoms with Crippen molar-refractivity contribution in [1.29, 1.82) is 0 Å². The number of para-hydroxylation sites is 1. The van der Waals surface area contributed by atoms with Gasteiger partial charge in [0, 0.05) is 7.05 Å². The highest BCUT2D eigenvalue weighted by atomic mass is 16.5. The van der Waals surface area contributed by atoms with Gasteiger partial charge >= 0.3 is 5.69 Å². The molecule has 13 nitrogen and oxygen atoms in total. The number of anilines is 3. The van der Waals surface area contributed by atoms with Crippen molar-refractivity contribution >= 4 is 28.5 Å². The Morgan fingerprint density at radius 1 is 1.25 bits per heavy atom. The van der Waals surface area contributed by atoms with E-state index in [0.717, 1.165) is 12.8 Å². The first-order valence-corrected chi connectivity index (χ1v) is 11.6. The van der Waals surface area contributed by atoms with Crippen molar-refractivity contribution in [3.63, 3.8) is 0 Å². The largest absolute Gasteiger partial charge is 0.489 e. The van der Waals surface area contributed by atoms with Gasteiger partial charge in [-0.3, -0.25) is 9.13 Å². The SMILES string of the molecule is Cn1cc2c(nc1=O)Nc1c(OCCNc3ncnc4c3ncn4C3CCC(CO)O3)cccc1O2. The summed E-state index contributed by atoms with van der Waals surface area (Å²) in [5.41, 5.74) is 1.51. The van der Waals surface area contributed by atoms with Gasteiger partial charge in [0.25, 0.3) is 0 Å². The fourth-order valence-corrected chi connectivity index (χ4v) is 4.31. The number of fused-ring (bicyclic) bond motifs is 3. The highest BCUT2D eigenvalue weighted by Crippen LogP contribution is 2.44. The Morgan fingerprint density at radius 2 is 2.17 bits per heavy atom. The molecule has 13 heteroatoms. The van der Waals surface area contributed by atoms with E-state index in [1.165, 1.54) is 10.9 Å². The molecule has 1 aromatic carbocycles. The summed E-state index contributed by atoms with van der Waals surface area (Å²) in [7, 11) is 1.62. The molecule has 6 rings (SSSR count). The number of imidazole rings is 1. The lowest BCUT2D eigenvalue weighted by Gasteiger charge is -2.23. The molecular formula is C23H24N8O5. The number of rotatable bonds is 7. The first kappa shape index (κ1) is 22.2. The second kappa shape index (κ2) is 9.09. The van der Waals surface area contributed by atoms with Crippen molar-refractivity contribution in [1.82, 2.24) is 29.1 Å². The van der Waals surface area contributed by atoms with Gasteiger partial charge in [0.05, 0.1) is 31.8 Å². The lowest BCUT2D eigenvalue weighted by atomic mass is 10.2. The molecule has 3 N–H and O–H groups in total. The second-order valence-electron chi connectivity index (χ2n) is 8.50. The highest BCUT2D eigenvalue weighted by molar-refractivity contribution is 5.82. The molecule has 5 heterocycles. The quantitative estimate of drug-likeness (QED) is 0.286. The van der Waals surface area contributed by atoms with Gasteiger partial charge in [0.15, 0.2) is 34.3 Å². The van der Waals surface area contributed by atoms with E-state index >= 15 is 0 Å². The Kier molecular flexibility index (Phi) is 5.62. The maximum Gasteiger partial charge on any atom is 0.349 e. The molecule has 0 spiro atoms. The lowest BCUT2D eigenvalue weighted by molar-refractivity contribution is -0.0207. The molecule has 0 saturated carbocycles. The predicted molar refractivity (Wildman–Crippen MR) is 129 cm³/mol. The van der Waals surface area contributed by atoms with E-state index in [1.807, 2.05) is 22.8 Å². The average molecular weight is 492 g/mol. The fourth-order valence-electron chi connectivity index (χ4n) is 4.31. The molecular weight excluding hydrogens is 468 g/mol. The van der Waals surface area contributed by atoms with E-state index in [0.29, 0.717) is 58.9 Å². The summed E-state index contributed by atoms with van der Waals surface area (Å²) in [4.78, 5) is 29.1. The van der Waals surface area contributed by atoms with Crippen LogP contribution in [0.5, 0.6) is 17.2 Å². The number of benzene rings is 1. The summed E-state index contributed by atoms with van der Waals surface area (Å²) in [5.74, 6) is 2.54. The zero-order valence-corrected chi connectivity index (χ0v) is 19.4. The molecule has 0 bridgehead atoms. The van der Waals surface area contributed by atoms with Crippen LogP contribution >= 0.6 is 0 Å². The van der Waals surface area contributed by atoms with Gasteiger partial charge in [0.1, 0.15) is 30.6 Å². The summed E-state index contributed by atoms with van der Waals surface area (Å²) >= 11 is 0. The molecule has 2 atom stereocenters. The van der Waals surface area contributed by atoms with Gasteiger partial charge in [-0.1, -0.05) is 6.07 Å². The van der Waals surface area contributed by atoms with Gasteiger partial charge in [-0.2, -0.15) is 4.98 Å². The van der Waals surface area contributed by atoms with Crippen LogP contribution in [0.4, 0.5) is 17.3 Å². The minimum atomic E-state index is -0.387. The zero-order valence-electron chi connectivity index (χ0n) is 19.4. The minimum Gasteiger partial charge on any atom is -0.489 e. The molecule has 2 unspecified atom stereocenters. The Bertz CT molecular complexity index is 1490. The number of hydrogen-bond donors (Lipinski definition) is 3. The van der Waals surface area contributed by atoms with Crippen LogP contribution in [0.1, 0.15) is 19.1 Å². The van der Waals surface area contributed by atoms with Crippen LogP contribution in [0.3, 0.4) is 0 Å². The molecule has 186 valence electrons. The zero-order chi connectivity index (χ0) is 24.6. The standard InChI is InChI=1S/C23H24N8O5/c1-30-9-16-20(29-23(30)33)28-18-14(3-2-4-15(18)36-16)34-8-7-24-21-19-22(26-11-25-21)31(12-27-19)17-6-5-13(10-32)35-17/h2-4,9,11-13,17,32H,5-8,10H2,1H3,(H,24,25,26)(H,28,29,33). The Labute approximate surface area is 204 Å². The van der Waals surface area contributed by atoms with Crippen molar-refractivity contribution in [3.8, 4) is 17.2 Å². The maximum absolute atomic E-state index is 11.9. The van der Waals surface area contributed by atoms with Crippen LogP contribution < -0.4 is 25.8 Å². The average Bonchev–Trinajstić information content (AvgIpc) is 3.54. The number of nitrogens with one attached hydrogen (secondary N) is 2. The van der Waals surface area contributed by atoms with E-state index in [9.17, 15) is 9.90 Å². The molecule has 4 aromatic rings. The smallest absolute Gasteiger partial charge is 0.349 e. The normalized spacial score (nSPS) is 18.3. The highest BCUT2D eigenvalue weighted by Gasteiger charge is 2.28. The van der Waals surface area contributed by atoms with E-state index in [-0.39, 0.29) is 24.6 Å². The Hall–Kier alpha value is -4.23. The number of aliphatic hydroxyl groups excluding tert-OH is 1. The predicted octanol–water partition coefficient (Wildman–Crippen LogP) is 1.93. The van der Waals surface area contributed by atoms with Crippen molar-refractivity contribution in [2.75, 3.05) is 30.4 Å². The first-order chi connectivity index (χ1) is 17.6. The van der Waals surface area contributed by atoms with Gasteiger partial charge in [-0.05, 0) is 25.0 Å². The Morgan fingerprint density at radius 3 is 3.03 bits per heavy atom. The molecule has 1 saturated heterocycles. The monoisotopic (exact) mass is 492 g/mol.